The number of esters is 1. The van der Waals surface area contributed by atoms with Gasteiger partial charge in [-0.3, -0.25) is 0 Å². The maximum atomic E-state index is 13.1. The number of hydrogen-bond donors (Lipinski definition) is 0. The van der Waals surface area contributed by atoms with Gasteiger partial charge in [0.1, 0.15) is 0 Å². The number of rotatable bonds is 5. The molecule has 0 saturated heterocycles. The summed E-state index contributed by atoms with van der Waals surface area (Å²) >= 11 is 3.31. The Labute approximate surface area is 238 Å². The lowest BCUT2D eigenvalue weighted by Gasteiger charge is -2.37. The fraction of sp³-hybridized carbons (Fsp3) is 0.212. The van der Waals surface area contributed by atoms with E-state index in [1.54, 1.807) is 0 Å². The monoisotopic (exact) mass is 550 g/mol. The lowest BCUT2D eigenvalue weighted by molar-refractivity contribution is -0.134. The van der Waals surface area contributed by atoms with Gasteiger partial charge in [-0.15, -0.1) is 0 Å². The number of aryl methyl sites for hydroxylation is 3. The molecule has 0 saturated carbocycles. The summed E-state index contributed by atoms with van der Waals surface area (Å²) in [5.74, 6) is -0.391. The van der Waals surface area contributed by atoms with E-state index in [-0.39, 0.29) is 0 Å². The number of ether oxygens (including phenoxy) is 1. The van der Waals surface area contributed by atoms with Gasteiger partial charge in [0.05, 0.1) is 17.0 Å². The first-order valence-corrected chi connectivity index (χ1v) is 14.8. The van der Waals surface area contributed by atoms with Crippen molar-refractivity contribution < 1.29 is 9.53 Å². The van der Waals surface area contributed by atoms with Crippen molar-refractivity contribution in [1.82, 2.24) is 0 Å². The molecule has 2 aliphatic heterocycles. The van der Waals surface area contributed by atoms with E-state index in [2.05, 4.69) is 118 Å². The molecule has 1 spiro atoms. The van der Waals surface area contributed by atoms with Crippen molar-refractivity contribution in [3.05, 3.63) is 136 Å². The fourth-order valence-corrected chi connectivity index (χ4v) is 8.89. The molecule has 6 rings (SSSR count). The van der Waals surface area contributed by atoms with Gasteiger partial charge in [0.2, 0.25) is 5.04 Å². The topological polar surface area (TPSA) is 41.9 Å². The maximum absolute atomic E-state index is 13.1. The minimum absolute atomic E-state index is 0.302. The summed E-state index contributed by atoms with van der Waals surface area (Å²) in [4.78, 5) is 13.1. The van der Waals surface area contributed by atoms with Gasteiger partial charge in [0, 0.05) is 5.56 Å². The van der Waals surface area contributed by atoms with Crippen LogP contribution in [0.5, 0.6) is 0 Å². The van der Waals surface area contributed by atoms with Crippen LogP contribution in [0.4, 0.5) is 5.69 Å². The Balaban J connectivity index is 1.62. The van der Waals surface area contributed by atoms with Crippen LogP contribution in [0.15, 0.2) is 102 Å². The Bertz CT molecular complexity index is 1520. The summed E-state index contributed by atoms with van der Waals surface area (Å²) in [6, 6.07) is 34.6. The summed E-state index contributed by atoms with van der Waals surface area (Å²) in [5, 5.41) is 7.33. The van der Waals surface area contributed by atoms with E-state index in [9.17, 15) is 4.79 Å². The number of hydrazone groups is 1. The first-order chi connectivity index (χ1) is 18.9. The van der Waals surface area contributed by atoms with Crippen molar-refractivity contribution in [2.75, 3.05) is 11.6 Å². The van der Waals surface area contributed by atoms with E-state index in [0.717, 1.165) is 11.3 Å². The van der Waals surface area contributed by atoms with Crippen molar-refractivity contribution in [1.29, 1.82) is 0 Å². The first-order valence-electron chi connectivity index (χ1n) is 13.1. The van der Waals surface area contributed by atoms with Crippen LogP contribution in [0, 0.1) is 20.8 Å². The van der Waals surface area contributed by atoms with Crippen molar-refractivity contribution in [3.63, 3.8) is 0 Å². The van der Waals surface area contributed by atoms with Crippen molar-refractivity contribution in [2.45, 2.75) is 36.6 Å². The summed E-state index contributed by atoms with van der Waals surface area (Å²) < 4.78 is 4.20. The van der Waals surface area contributed by atoms with Crippen LogP contribution in [0.3, 0.4) is 0 Å². The van der Waals surface area contributed by atoms with Crippen molar-refractivity contribution in [2.24, 2.45) is 5.10 Å². The Hall–Kier alpha value is -3.48. The van der Waals surface area contributed by atoms with E-state index in [0.29, 0.717) is 11.7 Å². The van der Waals surface area contributed by atoms with Gasteiger partial charge in [0.25, 0.3) is 0 Å². The summed E-state index contributed by atoms with van der Waals surface area (Å²) in [5.41, 5.74) is 9.25. The average molecular weight is 551 g/mol. The molecular formula is C33H30N2O2S2. The number of benzene rings is 4. The summed E-state index contributed by atoms with van der Waals surface area (Å²) in [7, 11) is 0. The first kappa shape index (κ1) is 25.8. The minimum Gasteiger partial charge on any atom is -0.461 e. The van der Waals surface area contributed by atoms with Crippen LogP contribution in [0.2, 0.25) is 0 Å². The minimum atomic E-state index is -0.719. The van der Waals surface area contributed by atoms with Crippen molar-refractivity contribution >= 4 is 40.2 Å². The summed E-state index contributed by atoms with van der Waals surface area (Å²) in [6.07, 6.45) is 0. The van der Waals surface area contributed by atoms with Gasteiger partial charge in [0.15, 0.2) is 4.20 Å². The molecule has 4 aromatic carbocycles. The molecule has 6 heteroatoms. The molecule has 2 aliphatic rings. The van der Waals surface area contributed by atoms with Crippen LogP contribution in [0.25, 0.3) is 0 Å². The quantitative estimate of drug-likeness (QED) is 0.236. The molecule has 4 nitrogen and oxygen atoms in total. The Morgan fingerprint density at radius 2 is 1.28 bits per heavy atom. The zero-order valence-electron chi connectivity index (χ0n) is 22.5. The van der Waals surface area contributed by atoms with Crippen LogP contribution in [-0.2, 0) is 18.5 Å². The number of thioether (sulfide) groups is 2. The maximum Gasteiger partial charge on any atom is 0.365 e. The summed E-state index contributed by atoms with van der Waals surface area (Å²) in [6.45, 7) is 8.43. The van der Waals surface area contributed by atoms with Crippen LogP contribution in [0.1, 0.15) is 45.9 Å². The number of carbonyl (C=O) groups excluding carboxylic acids is 1. The third-order valence-corrected chi connectivity index (χ3v) is 10.6. The highest BCUT2D eigenvalue weighted by molar-refractivity contribution is 8.27. The van der Waals surface area contributed by atoms with Crippen LogP contribution >= 0.6 is 23.5 Å². The van der Waals surface area contributed by atoms with E-state index in [1.165, 1.54) is 45.1 Å². The van der Waals surface area contributed by atoms with Gasteiger partial charge >= 0.3 is 5.97 Å². The van der Waals surface area contributed by atoms with Gasteiger partial charge in [-0.2, -0.15) is 5.10 Å². The van der Waals surface area contributed by atoms with Gasteiger partial charge in [-0.25, -0.2) is 9.80 Å². The molecule has 0 bridgehead atoms. The van der Waals surface area contributed by atoms with Gasteiger partial charge in [-0.05, 0) is 56.5 Å². The van der Waals surface area contributed by atoms with Crippen LogP contribution < -0.4 is 5.01 Å². The van der Waals surface area contributed by atoms with E-state index in [4.69, 9.17) is 9.84 Å². The van der Waals surface area contributed by atoms with Crippen molar-refractivity contribution in [3.8, 4) is 0 Å². The average Bonchev–Trinajstić information content (AvgIpc) is 3.47. The van der Waals surface area contributed by atoms with E-state index in [1.807, 2.05) is 23.7 Å². The zero-order chi connectivity index (χ0) is 27.2. The highest BCUT2D eigenvalue weighted by Gasteiger charge is 2.61. The molecule has 0 amide bonds. The third-order valence-electron chi connectivity index (χ3n) is 7.29. The molecule has 0 radical (unpaired) electrons. The largest absolute Gasteiger partial charge is 0.461 e. The third kappa shape index (κ3) is 4.17. The molecule has 196 valence electrons. The number of carbonyl (C=O) groups is 1. The number of nitrogens with zero attached hydrogens (tertiary/aromatic N) is 2. The molecule has 4 aromatic rings. The second kappa shape index (κ2) is 9.92. The Morgan fingerprint density at radius 3 is 1.82 bits per heavy atom. The van der Waals surface area contributed by atoms with Gasteiger partial charge in [-0.1, -0.05) is 125 Å². The SMILES string of the molecule is CCOC(=O)C1=NN(c2ccc(C)cc2)[C@@]2(S1)SC(c1ccc(C)cc1)(c1ccc(C)cc1)c1ccccc12. The molecule has 0 N–H and O–H groups in total. The number of hydrogen-bond acceptors (Lipinski definition) is 6. The lowest BCUT2D eigenvalue weighted by atomic mass is 9.81. The standard InChI is InChI=1S/C33H30N2O2S2/c1-5-37-31(36)30-34-35(27-20-14-24(4)15-21-27)33(38-30)29-9-7-6-8-28(29)32(39-33,25-16-10-22(2)11-17-25)26-18-12-23(3)13-19-26/h6-21H,5H2,1-4H3/t33-/m0/s1. The smallest absolute Gasteiger partial charge is 0.365 e. The van der Waals surface area contributed by atoms with E-state index >= 15 is 0 Å². The zero-order valence-corrected chi connectivity index (χ0v) is 24.1. The molecule has 0 fully saturated rings. The van der Waals surface area contributed by atoms with Gasteiger partial charge < -0.3 is 4.74 Å². The molecule has 0 unspecified atom stereocenters. The van der Waals surface area contributed by atoms with Crippen LogP contribution in [-0.4, -0.2) is 17.6 Å². The molecule has 0 aliphatic carbocycles. The highest BCUT2D eigenvalue weighted by atomic mass is 32.2. The number of anilines is 1. The second-order valence-electron chi connectivity index (χ2n) is 10.0. The second-order valence-corrected chi connectivity index (χ2v) is 12.9. The number of fused-ring (bicyclic) bond motifs is 2. The molecular weight excluding hydrogens is 521 g/mol. The normalized spacial score (nSPS) is 19.2. The molecule has 1 atom stereocenters. The fourth-order valence-electron chi connectivity index (χ4n) is 5.33. The highest BCUT2D eigenvalue weighted by Crippen LogP contribution is 2.70. The predicted octanol–water partition coefficient (Wildman–Crippen LogP) is 7.89. The molecule has 0 aromatic heterocycles. The molecule has 2 heterocycles. The Kier molecular flexibility index (Phi) is 6.56. The predicted molar refractivity (Wildman–Crippen MR) is 163 cm³/mol. The molecule has 39 heavy (non-hydrogen) atoms. The Morgan fingerprint density at radius 1 is 0.769 bits per heavy atom. The lowest BCUT2D eigenvalue weighted by Crippen LogP contribution is -2.34. The van der Waals surface area contributed by atoms with E-state index < -0.39 is 14.9 Å².